The summed E-state index contributed by atoms with van der Waals surface area (Å²) in [5.74, 6) is -1.02. The average molecular weight is 291 g/mol. The molecule has 6 nitrogen and oxygen atoms in total. The Bertz CT molecular complexity index is 564. The van der Waals surface area contributed by atoms with E-state index in [9.17, 15) is 14.7 Å². The van der Waals surface area contributed by atoms with E-state index in [2.05, 4.69) is 10.2 Å². The Labute approximate surface area is 123 Å². The summed E-state index contributed by atoms with van der Waals surface area (Å²) in [5, 5.41) is 12.1. The van der Waals surface area contributed by atoms with Crippen molar-refractivity contribution in [3.05, 3.63) is 23.3 Å². The van der Waals surface area contributed by atoms with Gasteiger partial charge in [0, 0.05) is 37.4 Å². The Hall–Kier alpha value is -2.24. The summed E-state index contributed by atoms with van der Waals surface area (Å²) < 4.78 is 0. The molecule has 4 N–H and O–H groups in total. The summed E-state index contributed by atoms with van der Waals surface area (Å²) >= 11 is 0. The largest absolute Gasteiger partial charge is 0.478 e. The van der Waals surface area contributed by atoms with Crippen LogP contribution in [0.15, 0.2) is 12.1 Å². The molecule has 1 aliphatic rings. The van der Waals surface area contributed by atoms with Crippen molar-refractivity contribution in [2.75, 3.05) is 23.7 Å². The topological polar surface area (TPSA) is 95.7 Å². The first-order valence-electron chi connectivity index (χ1n) is 7.04. The van der Waals surface area contributed by atoms with Gasteiger partial charge in [-0.25, -0.2) is 4.79 Å². The molecule has 0 atom stereocenters. The zero-order valence-corrected chi connectivity index (χ0v) is 12.3. The number of hydrogen-bond acceptors (Lipinski definition) is 4. The van der Waals surface area contributed by atoms with Gasteiger partial charge >= 0.3 is 5.97 Å². The lowest BCUT2D eigenvalue weighted by Crippen LogP contribution is -2.44. The van der Waals surface area contributed by atoms with E-state index in [1.807, 2.05) is 13.0 Å². The van der Waals surface area contributed by atoms with Crippen LogP contribution in [0.4, 0.5) is 11.4 Å². The number of rotatable bonds is 3. The molecule has 0 aliphatic carbocycles. The van der Waals surface area contributed by atoms with Crippen LogP contribution in [-0.4, -0.2) is 36.1 Å². The first-order valence-corrected chi connectivity index (χ1v) is 7.04. The number of amides is 1. The van der Waals surface area contributed by atoms with Crippen molar-refractivity contribution in [2.24, 2.45) is 0 Å². The Morgan fingerprint density at radius 1 is 1.33 bits per heavy atom. The van der Waals surface area contributed by atoms with Gasteiger partial charge in [-0.05, 0) is 37.5 Å². The molecule has 0 radical (unpaired) electrons. The van der Waals surface area contributed by atoms with Crippen LogP contribution in [0.3, 0.4) is 0 Å². The highest BCUT2D eigenvalue weighted by molar-refractivity contribution is 5.95. The van der Waals surface area contributed by atoms with Crippen LogP contribution in [0.1, 0.15) is 35.7 Å². The van der Waals surface area contributed by atoms with Gasteiger partial charge in [-0.1, -0.05) is 0 Å². The lowest BCUT2D eigenvalue weighted by atomic mass is 10.0. The molecular formula is C15H21N3O3. The van der Waals surface area contributed by atoms with E-state index in [1.54, 1.807) is 6.07 Å². The second-order valence-electron chi connectivity index (χ2n) is 5.49. The molecule has 0 unspecified atom stereocenters. The minimum absolute atomic E-state index is 0.00931. The quantitative estimate of drug-likeness (QED) is 0.731. The van der Waals surface area contributed by atoms with Crippen LogP contribution in [0.2, 0.25) is 0 Å². The smallest absolute Gasteiger partial charge is 0.337 e. The van der Waals surface area contributed by atoms with Gasteiger partial charge in [0.15, 0.2) is 0 Å². The van der Waals surface area contributed by atoms with Gasteiger partial charge < -0.3 is 21.1 Å². The number of nitrogens with zero attached hydrogens (tertiary/aromatic N) is 1. The van der Waals surface area contributed by atoms with E-state index in [4.69, 9.17) is 5.73 Å². The minimum Gasteiger partial charge on any atom is -0.478 e. The SMILES string of the molecule is CC(=O)NC1CCN(c2cc(C)c(N)c(C(=O)O)c2)CC1. The second kappa shape index (κ2) is 6.03. The molecule has 1 fully saturated rings. The number of carboxylic acids is 1. The number of aromatic carboxylic acids is 1. The summed E-state index contributed by atoms with van der Waals surface area (Å²) in [6.45, 7) is 4.91. The number of anilines is 2. The zero-order chi connectivity index (χ0) is 15.6. The third-order valence-electron chi connectivity index (χ3n) is 3.87. The number of benzene rings is 1. The number of hydrogen-bond donors (Lipinski definition) is 3. The molecule has 6 heteroatoms. The monoisotopic (exact) mass is 291 g/mol. The first kappa shape index (κ1) is 15.2. The zero-order valence-electron chi connectivity index (χ0n) is 12.3. The first-order chi connectivity index (χ1) is 9.88. The van der Waals surface area contributed by atoms with Gasteiger partial charge in [-0.2, -0.15) is 0 Å². The van der Waals surface area contributed by atoms with E-state index in [1.165, 1.54) is 6.92 Å². The average Bonchev–Trinajstić information content (AvgIpc) is 2.41. The summed E-state index contributed by atoms with van der Waals surface area (Å²) in [7, 11) is 0. The minimum atomic E-state index is -1.01. The molecule has 1 saturated heterocycles. The number of nitrogens with one attached hydrogen (secondary N) is 1. The third-order valence-corrected chi connectivity index (χ3v) is 3.87. The Balaban J connectivity index is 2.13. The standard InChI is InChI=1S/C15H21N3O3/c1-9-7-12(8-13(14(9)16)15(20)21)18-5-3-11(4-6-18)17-10(2)19/h7-8,11H,3-6,16H2,1-2H3,(H,17,19)(H,20,21). The second-order valence-corrected chi connectivity index (χ2v) is 5.49. The Kier molecular flexibility index (Phi) is 4.35. The summed E-state index contributed by atoms with van der Waals surface area (Å²) in [6, 6.07) is 3.75. The van der Waals surface area contributed by atoms with Crippen molar-refractivity contribution < 1.29 is 14.7 Å². The van der Waals surface area contributed by atoms with Crippen LogP contribution in [0.5, 0.6) is 0 Å². The highest BCUT2D eigenvalue weighted by atomic mass is 16.4. The van der Waals surface area contributed by atoms with Crippen molar-refractivity contribution in [1.82, 2.24) is 5.32 Å². The molecule has 21 heavy (non-hydrogen) atoms. The van der Waals surface area contributed by atoms with Crippen LogP contribution in [-0.2, 0) is 4.79 Å². The van der Waals surface area contributed by atoms with E-state index in [-0.39, 0.29) is 17.5 Å². The molecule has 1 aromatic carbocycles. The number of carbonyl (C=O) groups is 2. The van der Waals surface area contributed by atoms with Crippen LogP contribution >= 0.6 is 0 Å². The highest BCUT2D eigenvalue weighted by Crippen LogP contribution is 2.27. The summed E-state index contributed by atoms with van der Waals surface area (Å²) in [5.41, 5.74) is 7.93. The number of carboxylic acid groups (broad SMARTS) is 1. The van der Waals surface area contributed by atoms with Crippen molar-refractivity contribution in [3.63, 3.8) is 0 Å². The van der Waals surface area contributed by atoms with Crippen LogP contribution in [0, 0.1) is 6.92 Å². The number of nitrogen functional groups attached to an aromatic ring is 1. The Morgan fingerprint density at radius 2 is 1.95 bits per heavy atom. The summed E-state index contributed by atoms with van der Waals surface area (Å²) in [6.07, 6.45) is 1.71. The fraction of sp³-hybridized carbons (Fsp3) is 0.467. The molecule has 0 spiro atoms. The number of nitrogens with two attached hydrogens (primary N) is 1. The van der Waals surface area contributed by atoms with Gasteiger partial charge in [-0.3, -0.25) is 4.79 Å². The van der Waals surface area contributed by atoms with E-state index >= 15 is 0 Å². The van der Waals surface area contributed by atoms with Crippen LogP contribution < -0.4 is 16.0 Å². The third kappa shape index (κ3) is 3.45. The molecule has 114 valence electrons. The lowest BCUT2D eigenvalue weighted by Gasteiger charge is -2.34. The molecule has 0 aromatic heterocycles. The molecule has 1 aliphatic heterocycles. The van der Waals surface area contributed by atoms with Gasteiger partial charge in [0.25, 0.3) is 0 Å². The van der Waals surface area contributed by atoms with Gasteiger partial charge in [-0.15, -0.1) is 0 Å². The van der Waals surface area contributed by atoms with Crippen molar-refractivity contribution in [2.45, 2.75) is 32.7 Å². The van der Waals surface area contributed by atoms with Crippen molar-refractivity contribution in [1.29, 1.82) is 0 Å². The fourth-order valence-corrected chi connectivity index (χ4v) is 2.71. The van der Waals surface area contributed by atoms with Gasteiger partial charge in [0.2, 0.25) is 5.91 Å². The normalized spacial score (nSPS) is 15.8. The van der Waals surface area contributed by atoms with Gasteiger partial charge in [0.05, 0.1) is 5.56 Å². The molecule has 1 heterocycles. The summed E-state index contributed by atoms with van der Waals surface area (Å²) in [4.78, 5) is 24.4. The van der Waals surface area contributed by atoms with E-state index in [0.29, 0.717) is 5.69 Å². The predicted octanol–water partition coefficient (Wildman–Crippen LogP) is 1.38. The maximum absolute atomic E-state index is 11.2. The fourth-order valence-electron chi connectivity index (χ4n) is 2.71. The molecule has 0 saturated carbocycles. The molecule has 1 amide bonds. The molecular weight excluding hydrogens is 270 g/mol. The number of piperidine rings is 1. The van der Waals surface area contributed by atoms with E-state index in [0.717, 1.165) is 37.2 Å². The highest BCUT2D eigenvalue weighted by Gasteiger charge is 2.21. The number of carbonyl (C=O) groups excluding carboxylic acids is 1. The van der Waals surface area contributed by atoms with Crippen molar-refractivity contribution >= 4 is 23.3 Å². The van der Waals surface area contributed by atoms with Crippen molar-refractivity contribution in [3.8, 4) is 0 Å². The Morgan fingerprint density at radius 3 is 2.48 bits per heavy atom. The molecule has 2 rings (SSSR count). The number of aryl methyl sites for hydroxylation is 1. The molecule has 1 aromatic rings. The predicted molar refractivity (Wildman–Crippen MR) is 81.6 cm³/mol. The maximum Gasteiger partial charge on any atom is 0.337 e. The van der Waals surface area contributed by atoms with E-state index < -0.39 is 5.97 Å². The van der Waals surface area contributed by atoms with Gasteiger partial charge in [0.1, 0.15) is 0 Å². The van der Waals surface area contributed by atoms with Crippen LogP contribution in [0.25, 0.3) is 0 Å². The maximum atomic E-state index is 11.2. The molecule has 0 bridgehead atoms. The lowest BCUT2D eigenvalue weighted by molar-refractivity contribution is -0.119.